The molecule has 4 aromatic rings. The lowest BCUT2D eigenvalue weighted by atomic mass is 10.1. The number of furan rings is 1. The van der Waals surface area contributed by atoms with Gasteiger partial charge in [-0.05, 0) is 37.3 Å². The van der Waals surface area contributed by atoms with Crippen LogP contribution >= 0.6 is 0 Å². The number of fused-ring (bicyclic) bond motifs is 1. The number of nitrogens with one attached hydrogen (secondary N) is 1. The van der Waals surface area contributed by atoms with Crippen LogP contribution in [-0.2, 0) is 9.53 Å². The van der Waals surface area contributed by atoms with Gasteiger partial charge in [-0.1, -0.05) is 18.2 Å². The number of nitrogens with zero attached hydrogens (tertiary/aromatic N) is 2. The topological polar surface area (TPSA) is 134 Å². The van der Waals surface area contributed by atoms with E-state index < -0.39 is 22.9 Å². The Morgan fingerprint density at radius 3 is 2.62 bits per heavy atom. The number of carbonyl (C=O) groups is 2. The predicted molar refractivity (Wildman–Crippen MR) is 123 cm³/mol. The summed E-state index contributed by atoms with van der Waals surface area (Å²) >= 11 is 0. The number of nitro groups is 1. The van der Waals surface area contributed by atoms with Gasteiger partial charge in [-0.2, -0.15) is 0 Å². The highest BCUT2D eigenvalue weighted by molar-refractivity contribution is 6.06. The molecule has 1 N–H and O–H groups in total. The van der Waals surface area contributed by atoms with Crippen LogP contribution in [0.2, 0.25) is 0 Å². The number of para-hydroxylation sites is 1. The first kappa shape index (κ1) is 22.5. The number of hydrogen-bond acceptors (Lipinski definition) is 8. The van der Waals surface area contributed by atoms with Crippen LogP contribution in [0.15, 0.2) is 71.3 Å². The Kier molecular flexibility index (Phi) is 6.22. The number of aromatic nitrogens is 1. The first-order valence-corrected chi connectivity index (χ1v) is 10.2. The molecule has 172 valence electrons. The smallest absolute Gasteiger partial charge is 0.339 e. The third-order valence-corrected chi connectivity index (χ3v) is 5.01. The molecule has 10 nitrogen and oxygen atoms in total. The molecule has 0 saturated carbocycles. The lowest BCUT2D eigenvalue weighted by Crippen LogP contribution is -2.30. The number of nitro benzene ring substituents is 1. The summed E-state index contributed by atoms with van der Waals surface area (Å²) < 4.78 is 16.0. The number of amides is 1. The maximum atomic E-state index is 13.0. The van der Waals surface area contributed by atoms with Crippen molar-refractivity contribution in [3.05, 3.63) is 82.6 Å². The maximum Gasteiger partial charge on any atom is 0.339 e. The van der Waals surface area contributed by atoms with Crippen LogP contribution < -0.4 is 10.1 Å². The van der Waals surface area contributed by atoms with E-state index in [4.69, 9.17) is 13.9 Å². The molecule has 2 aromatic carbocycles. The normalized spacial score (nSPS) is 11.6. The molecule has 0 saturated heterocycles. The summed E-state index contributed by atoms with van der Waals surface area (Å²) in [4.78, 5) is 40.7. The summed E-state index contributed by atoms with van der Waals surface area (Å²) in [5.41, 5.74) is 1.06. The number of benzene rings is 2. The van der Waals surface area contributed by atoms with E-state index in [0.29, 0.717) is 22.4 Å². The Morgan fingerprint density at radius 2 is 1.91 bits per heavy atom. The van der Waals surface area contributed by atoms with Gasteiger partial charge in [0.05, 0.1) is 35.1 Å². The predicted octanol–water partition coefficient (Wildman–Crippen LogP) is 4.60. The zero-order valence-corrected chi connectivity index (χ0v) is 18.2. The standard InChI is InChI=1S/C24H19N3O7/c1-14(23(28)26-19-12-15(27(30)31)9-10-21(19)32-2)34-24(29)17-13-20(22-8-5-11-33-22)25-18-7-4-3-6-16(17)18/h3-14H,1-2H3,(H,26,28)/t14-/m0/s1. The number of pyridine rings is 1. The van der Waals surface area contributed by atoms with Crippen LogP contribution in [-0.4, -0.2) is 35.0 Å². The van der Waals surface area contributed by atoms with Crippen molar-refractivity contribution in [3.8, 4) is 17.2 Å². The van der Waals surface area contributed by atoms with E-state index in [1.807, 2.05) is 0 Å². The van der Waals surface area contributed by atoms with Gasteiger partial charge in [0.25, 0.3) is 11.6 Å². The van der Waals surface area contributed by atoms with E-state index in [2.05, 4.69) is 10.3 Å². The molecular formula is C24H19N3O7. The van der Waals surface area contributed by atoms with Crippen LogP contribution in [0.25, 0.3) is 22.4 Å². The summed E-state index contributed by atoms with van der Waals surface area (Å²) in [6, 6.07) is 15.8. The summed E-state index contributed by atoms with van der Waals surface area (Å²) in [5, 5.41) is 14.1. The fourth-order valence-corrected chi connectivity index (χ4v) is 3.31. The molecule has 34 heavy (non-hydrogen) atoms. The SMILES string of the molecule is COc1ccc([N+](=O)[O-])cc1NC(=O)[C@H](C)OC(=O)c1cc(-c2ccco2)nc2ccccc12. The highest BCUT2D eigenvalue weighted by Gasteiger charge is 2.23. The van der Waals surface area contributed by atoms with E-state index in [1.54, 1.807) is 36.4 Å². The van der Waals surface area contributed by atoms with E-state index in [1.165, 1.54) is 38.5 Å². The molecule has 0 bridgehead atoms. The highest BCUT2D eigenvalue weighted by atomic mass is 16.6. The molecule has 1 amide bonds. The molecule has 2 aromatic heterocycles. The van der Waals surface area contributed by atoms with Crippen molar-refractivity contribution in [1.29, 1.82) is 0 Å². The van der Waals surface area contributed by atoms with Crippen molar-refractivity contribution < 1.29 is 28.4 Å². The lowest BCUT2D eigenvalue weighted by molar-refractivity contribution is -0.384. The first-order chi connectivity index (χ1) is 16.4. The Labute approximate surface area is 193 Å². The van der Waals surface area contributed by atoms with Crippen molar-refractivity contribution in [2.24, 2.45) is 0 Å². The number of carbonyl (C=O) groups excluding carboxylic acids is 2. The van der Waals surface area contributed by atoms with E-state index in [9.17, 15) is 19.7 Å². The highest BCUT2D eigenvalue weighted by Crippen LogP contribution is 2.29. The number of rotatable bonds is 7. The number of non-ortho nitro benzene ring substituents is 1. The average Bonchev–Trinajstić information content (AvgIpc) is 3.38. The second-order valence-electron chi connectivity index (χ2n) is 7.23. The third-order valence-electron chi connectivity index (χ3n) is 5.01. The zero-order valence-electron chi connectivity index (χ0n) is 18.2. The van der Waals surface area contributed by atoms with Gasteiger partial charge in [0, 0.05) is 17.5 Å². The van der Waals surface area contributed by atoms with Crippen LogP contribution in [0, 0.1) is 10.1 Å². The van der Waals surface area contributed by atoms with Crippen LogP contribution in [0.3, 0.4) is 0 Å². The number of methoxy groups -OCH3 is 1. The third kappa shape index (κ3) is 4.56. The molecule has 0 aliphatic carbocycles. The Bertz CT molecular complexity index is 1380. The zero-order chi connectivity index (χ0) is 24.2. The second kappa shape index (κ2) is 9.41. The number of anilines is 1. The Morgan fingerprint density at radius 1 is 1.12 bits per heavy atom. The van der Waals surface area contributed by atoms with E-state index >= 15 is 0 Å². The number of esters is 1. The fraction of sp³-hybridized carbons (Fsp3) is 0.125. The minimum absolute atomic E-state index is 0.0825. The molecule has 10 heteroatoms. The van der Waals surface area contributed by atoms with Crippen molar-refractivity contribution in [2.75, 3.05) is 12.4 Å². The Balaban J connectivity index is 1.58. The van der Waals surface area contributed by atoms with Crippen molar-refractivity contribution in [1.82, 2.24) is 4.98 Å². The number of hydrogen-bond donors (Lipinski definition) is 1. The molecule has 4 rings (SSSR count). The van der Waals surface area contributed by atoms with Gasteiger partial charge in [-0.3, -0.25) is 14.9 Å². The van der Waals surface area contributed by atoms with Crippen molar-refractivity contribution >= 4 is 34.2 Å². The summed E-state index contributed by atoms with van der Waals surface area (Å²) in [6.07, 6.45) is 0.286. The monoisotopic (exact) mass is 461 g/mol. The molecule has 0 aliphatic heterocycles. The summed E-state index contributed by atoms with van der Waals surface area (Å²) in [6.45, 7) is 1.40. The number of ether oxygens (including phenoxy) is 2. The first-order valence-electron chi connectivity index (χ1n) is 10.2. The van der Waals surface area contributed by atoms with Crippen LogP contribution in [0.5, 0.6) is 5.75 Å². The largest absolute Gasteiger partial charge is 0.495 e. The van der Waals surface area contributed by atoms with Gasteiger partial charge in [-0.15, -0.1) is 0 Å². The molecular weight excluding hydrogens is 442 g/mol. The van der Waals surface area contributed by atoms with Crippen molar-refractivity contribution in [2.45, 2.75) is 13.0 Å². The summed E-state index contributed by atoms with van der Waals surface area (Å²) in [7, 11) is 1.37. The minimum Gasteiger partial charge on any atom is -0.495 e. The van der Waals surface area contributed by atoms with Gasteiger partial charge < -0.3 is 19.2 Å². The lowest BCUT2D eigenvalue weighted by Gasteiger charge is -2.16. The van der Waals surface area contributed by atoms with Gasteiger partial charge in [0.15, 0.2) is 11.9 Å². The van der Waals surface area contributed by atoms with Crippen LogP contribution in [0.1, 0.15) is 17.3 Å². The van der Waals surface area contributed by atoms with Gasteiger partial charge >= 0.3 is 5.97 Å². The molecule has 0 aliphatic rings. The molecule has 1 atom stereocenters. The quantitative estimate of drug-likeness (QED) is 0.240. The van der Waals surface area contributed by atoms with Crippen molar-refractivity contribution in [3.63, 3.8) is 0 Å². The average molecular weight is 461 g/mol. The molecule has 0 spiro atoms. The van der Waals surface area contributed by atoms with E-state index in [0.717, 1.165) is 6.07 Å². The molecule has 0 unspecified atom stereocenters. The maximum absolute atomic E-state index is 13.0. The minimum atomic E-state index is -1.21. The van der Waals surface area contributed by atoms with Crippen LogP contribution in [0.4, 0.5) is 11.4 Å². The fourth-order valence-electron chi connectivity index (χ4n) is 3.31. The van der Waals surface area contributed by atoms with Gasteiger partial charge in [0.1, 0.15) is 11.4 Å². The van der Waals surface area contributed by atoms with Gasteiger partial charge in [-0.25, -0.2) is 9.78 Å². The molecule has 0 radical (unpaired) electrons. The molecule has 2 heterocycles. The van der Waals surface area contributed by atoms with Gasteiger partial charge in [0.2, 0.25) is 0 Å². The Hall–Kier alpha value is -4.73. The molecule has 0 fully saturated rings. The van der Waals surface area contributed by atoms with E-state index in [-0.39, 0.29) is 22.7 Å². The summed E-state index contributed by atoms with van der Waals surface area (Å²) in [5.74, 6) is -0.721. The second-order valence-corrected chi connectivity index (χ2v) is 7.23.